The van der Waals surface area contributed by atoms with Crippen LogP contribution in [0.5, 0.6) is 0 Å². The van der Waals surface area contributed by atoms with Gasteiger partial charge in [-0.05, 0) is 31.9 Å². The molecule has 0 N–H and O–H groups in total. The van der Waals surface area contributed by atoms with E-state index in [9.17, 15) is 8.42 Å². The first kappa shape index (κ1) is 32.0. The van der Waals surface area contributed by atoms with Gasteiger partial charge >= 0.3 is 0 Å². The van der Waals surface area contributed by atoms with Crippen LogP contribution in [0, 0.1) is 0 Å². The number of halogens is 15. The van der Waals surface area contributed by atoms with Crippen molar-refractivity contribution in [3.05, 3.63) is 0 Å². The van der Waals surface area contributed by atoms with Crippen molar-refractivity contribution in [1.82, 2.24) is 0 Å². The van der Waals surface area contributed by atoms with Crippen molar-refractivity contribution in [1.29, 1.82) is 0 Å². The van der Waals surface area contributed by atoms with Gasteiger partial charge in [-0.2, -0.15) is 8.42 Å². The predicted octanol–water partition coefficient (Wildman–Crippen LogP) is 10.6. The van der Waals surface area contributed by atoms with Crippen LogP contribution < -0.4 is 0 Å². The number of hydrogen-bond acceptors (Lipinski definition) is 2. The SMILES string of the molecule is O=[S](=O)C(Br)(Br)C(Br)(Br)C(Br)(Br)C(Br)(Br)C(Br)(Br)C(Br)(Br)C(Br)(Br)Br. The highest BCUT2D eigenvalue weighted by molar-refractivity contribution is 9.42. The van der Waals surface area contributed by atoms with E-state index in [1.165, 1.54) is 0 Å². The largest absolute Gasteiger partial charge is 0.231 e. The molecule has 0 aliphatic carbocycles. The van der Waals surface area contributed by atoms with Crippen LogP contribution in [0.2, 0.25) is 0 Å². The minimum Gasteiger partial charge on any atom is -0.187 e. The van der Waals surface area contributed by atoms with E-state index in [1.807, 2.05) is 0 Å². The van der Waals surface area contributed by atoms with Crippen LogP contribution in [0.25, 0.3) is 0 Å². The molecule has 2 nitrogen and oxygen atoms in total. The van der Waals surface area contributed by atoms with E-state index in [4.69, 9.17) is 0 Å². The van der Waals surface area contributed by atoms with E-state index in [2.05, 4.69) is 239 Å². The van der Waals surface area contributed by atoms with E-state index in [0.29, 0.717) is 0 Å². The summed E-state index contributed by atoms with van der Waals surface area (Å²) in [6.07, 6.45) is 0. The van der Waals surface area contributed by atoms with Crippen molar-refractivity contribution >= 4 is 250 Å². The lowest BCUT2D eigenvalue weighted by Crippen LogP contribution is -2.66. The molecular weight excluding hydrogens is 1350 g/mol. The number of alkyl halides is 15. The van der Waals surface area contributed by atoms with Gasteiger partial charge in [-0.25, -0.2) is 0 Å². The Hall–Kier alpha value is 7.02. The van der Waals surface area contributed by atoms with Gasteiger partial charge in [0.05, 0.1) is 0 Å². The summed E-state index contributed by atoms with van der Waals surface area (Å²) in [6.45, 7) is 0. The van der Waals surface area contributed by atoms with Crippen molar-refractivity contribution in [3.63, 3.8) is 0 Å². The summed E-state index contributed by atoms with van der Waals surface area (Å²) < 4.78 is 15.2. The van der Waals surface area contributed by atoms with Crippen LogP contribution in [-0.4, -0.2) is 29.3 Å². The van der Waals surface area contributed by atoms with Gasteiger partial charge in [0.15, 0.2) is 5.38 Å². The molecule has 0 aliphatic heterocycles. The van der Waals surface area contributed by atoms with Crippen molar-refractivity contribution in [3.8, 4) is 0 Å². The Morgan fingerprint density at radius 2 is 0.640 bits per heavy atom. The molecule has 0 heterocycles. The molecule has 1 radical (unpaired) electrons. The zero-order chi connectivity index (χ0) is 21.1. The van der Waals surface area contributed by atoms with Crippen molar-refractivity contribution in [2.75, 3.05) is 0 Å². The summed E-state index contributed by atoms with van der Waals surface area (Å²) in [5.41, 5.74) is 0. The summed E-state index contributed by atoms with van der Waals surface area (Å²) >= 11 is 52.6. The summed E-state index contributed by atoms with van der Waals surface area (Å²) in [4.78, 5) is 0. The third-order valence-corrected chi connectivity index (χ3v) is 34.0. The molecule has 0 fully saturated rings. The Morgan fingerprint density at radius 3 is 0.880 bits per heavy atom. The molecule has 0 atom stereocenters. The summed E-state index contributed by atoms with van der Waals surface area (Å²) in [7, 11) is -2.59. The molecule has 0 aromatic heterocycles. The predicted molar refractivity (Wildman–Crippen MR) is 162 cm³/mol. The van der Waals surface area contributed by atoms with Crippen LogP contribution in [0.4, 0.5) is 0 Å². The average molecular weight is 1350 g/mol. The molecule has 0 saturated heterocycles. The Morgan fingerprint density at radius 1 is 0.400 bits per heavy atom. The maximum Gasteiger partial charge on any atom is 0.231 e. The molecule has 151 valence electrons. The molecule has 18 heteroatoms. The van der Waals surface area contributed by atoms with Gasteiger partial charge in [-0.15, -0.1) is 0 Å². The van der Waals surface area contributed by atoms with Crippen molar-refractivity contribution in [2.45, 2.75) is 20.9 Å². The van der Waals surface area contributed by atoms with Gasteiger partial charge in [-0.1, -0.05) is 207 Å². The molecule has 0 unspecified atom stereocenters. The fourth-order valence-electron chi connectivity index (χ4n) is 1.06. The molecule has 25 heavy (non-hydrogen) atoms. The molecule has 0 saturated carbocycles. The molecule has 0 bridgehead atoms. The first-order valence-corrected chi connectivity index (χ1v) is 17.8. The van der Waals surface area contributed by atoms with Gasteiger partial charge in [0.25, 0.3) is 0 Å². The Balaban J connectivity index is 6.60. The standard InChI is InChI=1S/C7Br15O2S/c8-1(9,2(10,11)4(14,15)6(18,19)20)3(12,13)5(16,17)7(21,22)25(23)24. The molecule has 0 spiro atoms. The third kappa shape index (κ3) is 5.82. The van der Waals surface area contributed by atoms with E-state index < -0.39 is 31.6 Å². The van der Waals surface area contributed by atoms with Gasteiger partial charge in [0, 0.05) is 0 Å². The van der Waals surface area contributed by atoms with Crippen LogP contribution in [-0.2, 0) is 10.7 Å². The minimum absolute atomic E-state index is 0.849. The molecule has 0 aliphatic rings. The fourth-order valence-corrected chi connectivity index (χ4v) is 14.6. The van der Waals surface area contributed by atoms with Crippen LogP contribution in [0.1, 0.15) is 0 Å². The second-order valence-corrected chi connectivity index (χ2v) is 33.7. The van der Waals surface area contributed by atoms with Gasteiger partial charge in [0.1, 0.15) is 12.9 Å². The second-order valence-electron chi connectivity index (χ2n) is 4.12. The smallest absolute Gasteiger partial charge is 0.187 e. The third-order valence-electron chi connectivity index (χ3n) is 2.51. The number of hydrogen-bond donors (Lipinski definition) is 0. The minimum atomic E-state index is -2.59. The maximum atomic E-state index is 11.8. The first-order valence-electron chi connectivity index (χ1n) is 4.87. The lowest BCUT2D eigenvalue weighted by molar-refractivity contribution is 0.591. The van der Waals surface area contributed by atoms with Gasteiger partial charge < -0.3 is 0 Å². The summed E-state index contributed by atoms with van der Waals surface area (Å²) in [5, 5.41) is 0. The molecule has 0 amide bonds. The average Bonchev–Trinajstić information content (AvgIpc) is 2.35. The van der Waals surface area contributed by atoms with Crippen molar-refractivity contribution < 1.29 is 8.42 Å². The van der Waals surface area contributed by atoms with E-state index in [1.54, 1.807) is 0 Å². The monoisotopic (exact) mass is 1330 g/mol. The summed E-state index contributed by atoms with van der Waals surface area (Å²) in [5.74, 6) is 0. The van der Waals surface area contributed by atoms with E-state index in [-0.39, 0.29) is 0 Å². The Kier molecular flexibility index (Phi) is 13.2. The highest BCUT2D eigenvalue weighted by atomic mass is 80.0. The Bertz CT molecular complexity index is 577. The van der Waals surface area contributed by atoms with Crippen LogP contribution in [0.3, 0.4) is 0 Å². The Labute approximate surface area is 273 Å². The highest BCUT2D eigenvalue weighted by Gasteiger charge is 2.76. The van der Waals surface area contributed by atoms with Gasteiger partial charge in [-0.3, -0.25) is 0 Å². The topological polar surface area (TPSA) is 34.1 Å². The van der Waals surface area contributed by atoms with Crippen LogP contribution in [0.15, 0.2) is 0 Å². The van der Waals surface area contributed by atoms with Crippen molar-refractivity contribution in [2.24, 2.45) is 0 Å². The zero-order valence-electron chi connectivity index (χ0n) is 10.4. The maximum absolute atomic E-state index is 11.8. The fraction of sp³-hybridized carbons (Fsp3) is 1.00. The zero-order valence-corrected chi connectivity index (χ0v) is 35.0. The van der Waals surface area contributed by atoms with Gasteiger partial charge in [0.2, 0.25) is 13.3 Å². The second kappa shape index (κ2) is 10.3. The quantitative estimate of drug-likeness (QED) is 0.249. The summed E-state index contributed by atoms with van der Waals surface area (Å²) in [6, 6.07) is 0. The molecule has 0 aromatic rings. The van der Waals surface area contributed by atoms with E-state index in [0.717, 1.165) is 0 Å². The molecule has 0 rings (SSSR count). The lowest BCUT2D eigenvalue weighted by atomic mass is 10.1. The number of rotatable bonds is 6. The molecular formula is C7Br15O2S. The van der Waals surface area contributed by atoms with Crippen LogP contribution >= 0.6 is 239 Å². The van der Waals surface area contributed by atoms with E-state index >= 15 is 0 Å². The lowest BCUT2D eigenvalue weighted by Gasteiger charge is -2.55. The first-order chi connectivity index (χ1) is 10.4. The normalized spacial score (nSPS) is 16.1. The molecule has 0 aromatic carbocycles. The highest BCUT2D eigenvalue weighted by Crippen LogP contribution is 2.76.